The highest BCUT2D eigenvalue weighted by Crippen LogP contribution is 2.18. The Bertz CT molecular complexity index is 972. The van der Waals surface area contributed by atoms with Gasteiger partial charge < -0.3 is 14.2 Å². The summed E-state index contributed by atoms with van der Waals surface area (Å²) < 4.78 is 16.3. The summed E-state index contributed by atoms with van der Waals surface area (Å²) in [6, 6.07) is 18.1. The predicted octanol–water partition coefficient (Wildman–Crippen LogP) is 6.78. The molecule has 0 spiro atoms. The molecule has 0 atom stereocenters. The van der Waals surface area contributed by atoms with Crippen LogP contribution < -0.4 is 14.2 Å². The third-order valence-electron chi connectivity index (χ3n) is 4.88. The largest absolute Gasteiger partial charge is 0.497 e. The van der Waals surface area contributed by atoms with Crippen molar-refractivity contribution < 1.29 is 14.2 Å². The van der Waals surface area contributed by atoms with Crippen molar-refractivity contribution in [3.05, 3.63) is 77.1 Å². The zero-order chi connectivity index (χ0) is 23.3. The highest BCUT2D eigenvalue weighted by Gasteiger charge is 2.04. The van der Waals surface area contributed by atoms with Gasteiger partial charge >= 0.3 is 6.01 Å². The second kappa shape index (κ2) is 13.4. The fraction of sp³-hybridized carbons (Fsp3) is 0.259. The van der Waals surface area contributed by atoms with Crippen LogP contribution in [0.4, 0.5) is 0 Å². The van der Waals surface area contributed by atoms with E-state index in [1.165, 1.54) is 0 Å². The number of rotatable bonds is 12. The van der Waals surface area contributed by atoms with E-state index in [1.54, 1.807) is 14.2 Å². The first-order valence-electron chi connectivity index (χ1n) is 10.9. The van der Waals surface area contributed by atoms with E-state index in [0.717, 1.165) is 58.6 Å². The Kier molecular flexibility index (Phi) is 9.98. The van der Waals surface area contributed by atoms with Crippen molar-refractivity contribution in [3.63, 3.8) is 0 Å². The van der Waals surface area contributed by atoms with Crippen molar-refractivity contribution in [1.82, 2.24) is 9.97 Å². The molecule has 1 aromatic heterocycles. The first-order chi connectivity index (χ1) is 16.2. The van der Waals surface area contributed by atoms with Crippen LogP contribution >= 0.6 is 15.9 Å². The number of alkyl halides is 1. The molecule has 33 heavy (non-hydrogen) atoms. The van der Waals surface area contributed by atoms with Gasteiger partial charge in [-0.3, -0.25) is 0 Å². The molecule has 3 rings (SSSR count). The summed E-state index contributed by atoms with van der Waals surface area (Å²) in [5.74, 6) is 1.66. The van der Waals surface area contributed by atoms with Crippen LogP contribution in [0.1, 0.15) is 41.8 Å². The summed E-state index contributed by atoms with van der Waals surface area (Å²) in [4.78, 5) is 9.15. The Morgan fingerprint density at radius 1 is 0.697 bits per heavy atom. The molecule has 1 heterocycles. The summed E-state index contributed by atoms with van der Waals surface area (Å²) in [5.41, 5.74) is 3.68. The highest BCUT2D eigenvalue weighted by atomic mass is 79.9. The molecule has 0 aliphatic rings. The van der Waals surface area contributed by atoms with Gasteiger partial charge in [-0.15, -0.1) is 0 Å². The third-order valence-corrected chi connectivity index (χ3v) is 5.44. The summed E-state index contributed by atoms with van der Waals surface area (Å²) in [7, 11) is 3.32. The van der Waals surface area contributed by atoms with E-state index in [2.05, 4.69) is 25.9 Å². The van der Waals surface area contributed by atoms with Gasteiger partial charge in [-0.25, -0.2) is 0 Å². The number of unbranched alkanes of at least 4 members (excludes halogenated alkanes) is 2. The number of benzene rings is 2. The lowest BCUT2D eigenvalue weighted by atomic mass is 10.1. The van der Waals surface area contributed by atoms with Crippen LogP contribution in [0.15, 0.2) is 54.6 Å². The standard InChI is InChI=1S/C27H29BrN2O3/c1-31-25-14-8-21(9-15-25)6-12-23-20-24(13-7-22-10-16-26(32-2)17-11-22)30-27(29-23)33-19-5-3-4-18-28/h6-17,20H,3-5,18-19H2,1-2H3. The maximum absolute atomic E-state index is 5.86. The zero-order valence-electron chi connectivity index (χ0n) is 19.0. The molecule has 0 radical (unpaired) electrons. The van der Waals surface area contributed by atoms with Crippen molar-refractivity contribution in [2.24, 2.45) is 0 Å². The Morgan fingerprint density at radius 3 is 1.67 bits per heavy atom. The molecular weight excluding hydrogens is 480 g/mol. The summed E-state index contributed by atoms with van der Waals surface area (Å²) in [6.07, 6.45) is 11.2. The number of nitrogens with zero attached hydrogens (tertiary/aromatic N) is 2. The molecule has 0 bridgehead atoms. The predicted molar refractivity (Wildman–Crippen MR) is 139 cm³/mol. The van der Waals surface area contributed by atoms with E-state index in [9.17, 15) is 0 Å². The molecule has 2 aromatic carbocycles. The molecular formula is C27H29BrN2O3. The van der Waals surface area contributed by atoms with Crippen molar-refractivity contribution in [2.75, 3.05) is 26.2 Å². The summed E-state index contributed by atoms with van der Waals surface area (Å²) in [5, 5.41) is 1.01. The van der Waals surface area contributed by atoms with Crippen LogP contribution in [-0.2, 0) is 0 Å². The Balaban J connectivity index is 1.78. The molecule has 0 aliphatic heterocycles. The molecule has 0 amide bonds. The molecule has 0 fully saturated rings. The van der Waals surface area contributed by atoms with Gasteiger partial charge in [0.2, 0.25) is 0 Å². The number of hydrogen-bond donors (Lipinski definition) is 0. The van der Waals surface area contributed by atoms with Crippen LogP contribution in [-0.4, -0.2) is 36.1 Å². The minimum atomic E-state index is 0.389. The van der Waals surface area contributed by atoms with Crippen molar-refractivity contribution in [3.8, 4) is 17.5 Å². The number of halogens is 1. The van der Waals surface area contributed by atoms with Gasteiger partial charge in [0.05, 0.1) is 32.2 Å². The fourth-order valence-electron chi connectivity index (χ4n) is 3.03. The van der Waals surface area contributed by atoms with Crippen LogP contribution in [0.5, 0.6) is 17.5 Å². The molecule has 0 saturated heterocycles. The number of ether oxygens (including phenoxy) is 3. The van der Waals surface area contributed by atoms with Crippen molar-refractivity contribution >= 4 is 40.2 Å². The van der Waals surface area contributed by atoms with Crippen molar-refractivity contribution in [2.45, 2.75) is 19.3 Å². The van der Waals surface area contributed by atoms with Gasteiger partial charge in [-0.1, -0.05) is 52.3 Å². The average molecular weight is 509 g/mol. The van der Waals surface area contributed by atoms with Crippen LogP contribution in [0.25, 0.3) is 24.3 Å². The molecule has 0 unspecified atom stereocenters. The number of methoxy groups -OCH3 is 2. The van der Waals surface area contributed by atoms with Gasteiger partial charge in [0.1, 0.15) is 11.5 Å². The molecule has 5 nitrogen and oxygen atoms in total. The highest BCUT2D eigenvalue weighted by molar-refractivity contribution is 9.09. The quantitative estimate of drug-likeness (QED) is 0.199. The second-order valence-corrected chi connectivity index (χ2v) is 8.10. The summed E-state index contributed by atoms with van der Waals surface area (Å²) in [6.45, 7) is 0.598. The molecule has 6 heteroatoms. The Hall–Kier alpha value is -3.12. The topological polar surface area (TPSA) is 53.5 Å². The molecule has 0 aliphatic carbocycles. The molecule has 0 N–H and O–H groups in total. The van der Waals surface area contributed by atoms with Gasteiger partial charge in [0.25, 0.3) is 0 Å². The lowest BCUT2D eigenvalue weighted by Gasteiger charge is -2.06. The van der Waals surface area contributed by atoms with E-state index in [-0.39, 0.29) is 0 Å². The monoisotopic (exact) mass is 508 g/mol. The fourth-order valence-corrected chi connectivity index (χ4v) is 3.42. The van der Waals surface area contributed by atoms with Crippen LogP contribution in [0.3, 0.4) is 0 Å². The van der Waals surface area contributed by atoms with Crippen molar-refractivity contribution in [1.29, 1.82) is 0 Å². The Labute approximate surface area is 204 Å². The first-order valence-corrected chi connectivity index (χ1v) is 12.0. The van der Waals surface area contributed by atoms with Gasteiger partial charge in [-0.05, 0) is 72.9 Å². The van der Waals surface area contributed by atoms with Gasteiger partial charge in [-0.2, -0.15) is 9.97 Å². The zero-order valence-corrected chi connectivity index (χ0v) is 20.6. The SMILES string of the molecule is COc1ccc(C=Cc2cc(C=Cc3ccc(OC)cc3)nc(OCCCCCBr)n2)cc1. The van der Waals surface area contributed by atoms with E-state index in [0.29, 0.717) is 12.6 Å². The first kappa shape index (κ1) is 24.5. The smallest absolute Gasteiger partial charge is 0.317 e. The normalized spacial score (nSPS) is 11.2. The molecule has 0 saturated carbocycles. The second-order valence-electron chi connectivity index (χ2n) is 7.31. The lowest BCUT2D eigenvalue weighted by Crippen LogP contribution is -2.03. The van der Waals surface area contributed by atoms with E-state index >= 15 is 0 Å². The van der Waals surface area contributed by atoms with E-state index in [1.807, 2.05) is 78.9 Å². The maximum atomic E-state index is 5.86. The van der Waals surface area contributed by atoms with E-state index < -0.39 is 0 Å². The lowest BCUT2D eigenvalue weighted by molar-refractivity contribution is 0.282. The molecule has 172 valence electrons. The van der Waals surface area contributed by atoms with Gasteiger partial charge in [0, 0.05) is 5.33 Å². The maximum Gasteiger partial charge on any atom is 0.317 e. The number of aromatic nitrogens is 2. The summed E-state index contributed by atoms with van der Waals surface area (Å²) >= 11 is 3.46. The van der Waals surface area contributed by atoms with E-state index in [4.69, 9.17) is 14.2 Å². The van der Waals surface area contributed by atoms with Gasteiger partial charge in [0.15, 0.2) is 0 Å². The number of hydrogen-bond acceptors (Lipinski definition) is 5. The van der Waals surface area contributed by atoms with Crippen LogP contribution in [0, 0.1) is 0 Å². The average Bonchev–Trinajstić information content (AvgIpc) is 2.86. The minimum Gasteiger partial charge on any atom is -0.497 e. The van der Waals surface area contributed by atoms with Crippen LogP contribution in [0.2, 0.25) is 0 Å². The molecule has 3 aromatic rings. The minimum absolute atomic E-state index is 0.389. The third kappa shape index (κ3) is 8.39. The Morgan fingerprint density at radius 2 is 1.21 bits per heavy atom.